The number of benzene rings is 1. The van der Waals surface area contributed by atoms with Crippen molar-refractivity contribution < 1.29 is 8.78 Å². The first kappa shape index (κ1) is 15.0. The summed E-state index contributed by atoms with van der Waals surface area (Å²) in [6, 6.07) is 0.764. The minimum Gasteiger partial charge on any atom is -0.219 e. The van der Waals surface area contributed by atoms with E-state index in [-0.39, 0.29) is 30.4 Å². The summed E-state index contributed by atoms with van der Waals surface area (Å²) in [5, 5.41) is 0.520. The van der Waals surface area contributed by atoms with Crippen LogP contribution in [-0.2, 0) is 0 Å². The summed E-state index contributed by atoms with van der Waals surface area (Å²) in [6.07, 6.45) is 1.74. The fourth-order valence-electron chi connectivity index (χ4n) is 1.24. The largest absolute Gasteiger partial charge is 0.219 e. The van der Waals surface area contributed by atoms with E-state index in [4.69, 9.17) is 11.6 Å². The first-order valence-electron chi connectivity index (χ1n) is 4.09. The monoisotopic (exact) mass is 355 g/mol. The second kappa shape index (κ2) is 5.74. The van der Waals surface area contributed by atoms with E-state index in [0.29, 0.717) is 5.16 Å². The van der Waals surface area contributed by atoms with Gasteiger partial charge in [-0.15, -0.1) is 0 Å². The predicted octanol–water partition coefficient (Wildman–Crippen LogP) is 4.91. The molecule has 0 fully saturated rings. The normalized spacial score (nSPS) is 10.4. The molecule has 0 unspecified atom stereocenters. The maximum absolute atomic E-state index is 13.5. The lowest BCUT2D eigenvalue weighted by Crippen LogP contribution is -1.95. The highest BCUT2D eigenvalue weighted by molar-refractivity contribution is 9.10. The van der Waals surface area contributed by atoms with E-state index in [1.165, 1.54) is 11.8 Å². The van der Waals surface area contributed by atoms with Crippen LogP contribution in [0, 0.1) is 11.6 Å². The van der Waals surface area contributed by atoms with Crippen LogP contribution in [0.15, 0.2) is 15.7 Å². The van der Waals surface area contributed by atoms with Gasteiger partial charge in [0.05, 0.1) is 9.86 Å². The Labute approximate surface area is 117 Å². The Balaban J connectivity index is 0.00000144. The Morgan fingerprint density at radius 1 is 1.29 bits per heavy atom. The van der Waals surface area contributed by atoms with Gasteiger partial charge in [0.15, 0.2) is 11.0 Å². The van der Waals surface area contributed by atoms with Gasteiger partial charge in [0, 0.05) is 16.0 Å². The van der Waals surface area contributed by atoms with Crippen molar-refractivity contribution in [2.24, 2.45) is 0 Å². The summed E-state index contributed by atoms with van der Waals surface area (Å²) in [6.45, 7) is 0. The lowest BCUT2D eigenvalue weighted by Gasteiger charge is -2.06. The van der Waals surface area contributed by atoms with Gasteiger partial charge in [0.1, 0.15) is 16.5 Å². The molecule has 0 aliphatic heterocycles. The van der Waals surface area contributed by atoms with E-state index in [1.807, 2.05) is 0 Å². The minimum atomic E-state index is -0.754. The van der Waals surface area contributed by atoms with Crippen LogP contribution in [0.25, 0.3) is 10.9 Å². The van der Waals surface area contributed by atoms with E-state index in [0.717, 1.165) is 6.07 Å². The van der Waals surface area contributed by atoms with E-state index < -0.39 is 11.6 Å². The molecule has 2 nitrogen and oxygen atoms in total. The quantitative estimate of drug-likeness (QED) is 0.239. The molecule has 3 radical (unpaired) electrons. The number of hydrogen-bond acceptors (Lipinski definition) is 3. The molecule has 0 bridgehead atoms. The molecule has 8 heteroatoms. The first-order chi connectivity index (χ1) is 7.54. The van der Waals surface area contributed by atoms with Crippen molar-refractivity contribution in [2.45, 2.75) is 5.16 Å². The third-order valence-electron chi connectivity index (χ3n) is 1.94. The zero-order chi connectivity index (χ0) is 11.9. The highest BCUT2D eigenvalue weighted by Crippen LogP contribution is 2.33. The standard InChI is InChI=1S/C9H4BrClF2N2S.P/c1-16-9-14-7-4(13)2-3(12)6(10)5(7)8(11)15-9;/h2H,1H3;. The van der Waals surface area contributed by atoms with Crippen LogP contribution in [-0.4, -0.2) is 16.2 Å². The Morgan fingerprint density at radius 3 is 2.53 bits per heavy atom. The summed E-state index contributed by atoms with van der Waals surface area (Å²) in [4.78, 5) is 7.87. The highest BCUT2D eigenvalue weighted by atomic mass is 79.9. The van der Waals surface area contributed by atoms with Gasteiger partial charge in [0.25, 0.3) is 0 Å². The maximum atomic E-state index is 13.5. The Morgan fingerprint density at radius 2 is 1.94 bits per heavy atom. The van der Waals surface area contributed by atoms with Crippen LogP contribution >= 0.6 is 49.2 Å². The topological polar surface area (TPSA) is 25.8 Å². The average molecular weight is 357 g/mol. The van der Waals surface area contributed by atoms with Crippen LogP contribution in [0.5, 0.6) is 0 Å². The summed E-state index contributed by atoms with van der Waals surface area (Å²) in [5.41, 5.74) is 0.0117. The lowest BCUT2D eigenvalue weighted by atomic mass is 10.2. The molecule has 0 saturated carbocycles. The summed E-state index contributed by atoms with van der Waals surface area (Å²) < 4.78 is 26.8. The van der Waals surface area contributed by atoms with Crippen LogP contribution in [0.2, 0.25) is 5.15 Å². The zero-order valence-electron chi connectivity index (χ0n) is 8.34. The molecule has 17 heavy (non-hydrogen) atoms. The van der Waals surface area contributed by atoms with Crippen LogP contribution in [0.1, 0.15) is 0 Å². The number of halogens is 4. The molecule has 0 N–H and O–H groups in total. The van der Waals surface area contributed by atoms with Crippen molar-refractivity contribution in [2.75, 3.05) is 6.26 Å². The molecule has 0 atom stereocenters. The first-order valence-corrected chi connectivity index (χ1v) is 6.49. The Hall–Kier alpha value is -0.0300. The van der Waals surface area contributed by atoms with Crippen molar-refractivity contribution in [3.05, 3.63) is 27.3 Å². The highest BCUT2D eigenvalue weighted by Gasteiger charge is 2.16. The molecule has 2 aromatic rings. The molecule has 1 aromatic carbocycles. The van der Waals surface area contributed by atoms with Crippen molar-refractivity contribution in [3.63, 3.8) is 0 Å². The molecule has 0 amide bonds. The van der Waals surface area contributed by atoms with E-state index in [1.54, 1.807) is 6.26 Å². The predicted molar refractivity (Wildman–Crippen MR) is 70.9 cm³/mol. The maximum Gasteiger partial charge on any atom is 0.189 e. The second-order valence-electron chi connectivity index (χ2n) is 2.88. The molecule has 2 rings (SSSR count). The minimum absolute atomic E-state index is 0. The molecule has 0 spiro atoms. The summed E-state index contributed by atoms with van der Waals surface area (Å²) in [7, 11) is 0. The van der Waals surface area contributed by atoms with Crippen LogP contribution in [0.4, 0.5) is 8.78 Å². The Bertz CT molecular complexity index is 585. The fraction of sp³-hybridized carbons (Fsp3) is 0.111. The van der Waals surface area contributed by atoms with E-state index in [9.17, 15) is 8.78 Å². The molecule has 1 heterocycles. The van der Waals surface area contributed by atoms with Crippen molar-refractivity contribution in [1.82, 2.24) is 9.97 Å². The SMILES string of the molecule is CSc1nc(Cl)c2c(Br)c(F)cc(F)c2n1.[P]. The van der Waals surface area contributed by atoms with Gasteiger partial charge in [-0.3, -0.25) is 0 Å². The van der Waals surface area contributed by atoms with Gasteiger partial charge in [-0.25, -0.2) is 18.7 Å². The molecule has 1 aromatic heterocycles. The molecular weight excluding hydrogens is 353 g/mol. The smallest absolute Gasteiger partial charge is 0.189 e. The molecule has 0 aliphatic rings. The van der Waals surface area contributed by atoms with Gasteiger partial charge in [0.2, 0.25) is 0 Å². The van der Waals surface area contributed by atoms with Gasteiger partial charge in [-0.1, -0.05) is 23.4 Å². The molecular formula is C9H4BrClF2N2PS. The number of rotatable bonds is 1. The number of hydrogen-bond donors (Lipinski definition) is 0. The average Bonchev–Trinajstić information content (AvgIpc) is 2.25. The number of aromatic nitrogens is 2. The second-order valence-corrected chi connectivity index (χ2v) is 4.80. The molecule has 0 saturated heterocycles. The number of nitrogens with zero attached hydrogens (tertiary/aromatic N) is 2. The third-order valence-corrected chi connectivity index (χ3v) is 3.53. The van der Waals surface area contributed by atoms with Crippen LogP contribution < -0.4 is 0 Å². The molecule has 89 valence electrons. The fourth-order valence-corrected chi connectivity index (χ4v) is 2.52. The van der Waals surface area contributed by atoms with Gasteiger partial charge < -0.3 is 0 Å². The lowest BCUT2D eigenvalue weighted by molar-refractivity contribution is 0.585. The van der Waals surface area contributed by atoms with Crippen molar-refractivity contribution in [1.29, 1.82) is 0 Å². The number of thioether (sulfide) groups is 1. The zero-order valence-corrected chi connectivity index (χ0v) is 12.4. The molecule has 0 aliphatic carbocycles. The van der Waals surface area contributed by atoms with E-state index in [2.05, 4.69) is 25.9 Å². The summed E-state index contributed by atoms with van der Waals surface area (Å²) in [5.74, 6) is -1.48. The number of fused-ring (bicyclic) bond motifs is 1. The Kier molecular flexibility index (Phi) is 5.07. The summed E-state index contributed by atoms with van der Waals surface area (Å²) >= 11 is 10.1. The van der Waals surface area contributed by atoms with Crippen molar-refractivity contribution in [3.8, 4) is 0 Å². The van der Waals surface area contributed by atoms with Gasteiger partial charge in [-0.2, -0.15) is 0 Å². The van der Waals surface area contributed by atoms with Gasteiger partial charge >= 0.3 is 0 Å². The van der Waals surface area contributed by atoms with Crippen LogP contribution in [0.3, 0.4) is 0 Å². The third kappa shape index (κ3) is 2.70. The van der Waals surface area contributed by atoms with Gasteiger partial charge in [-0.05, 0) is 22.2 Å². The van der Waals surface area contributed by atoms with E-state index >= 15 is 0 Å². The van der Waals surface area contributed by atoms with Crippen molar-refractivity contribution >= 4 is 60.1 Å².